The highest BCUT2D eigenvalue weighted by Crippen LogP contribution is 2.21. The Hall–Kier alpha value is -2.18. The molecule has 0 unspecified atom stereocenters. The van der Waals surface area contributed by atoms with Gasteiger partial charge in [0.1, 0.15) is 0 Å². The molecule has 108 valence electrons. The van der Waals surface area contributed by atoms with Crippen molar-refractivity contribution in [3.63, 3.8) is 0 Å². The van der Waals surface area contributed by atoms with Crippen molar-refractivity contribution in [3.05, 3.63) is 63.2 Å². The summed E-state index contributed by atoms with van der Waals surface area (Å²) < 4.78 is 0. The zero-order valence-corrected chi connectivity index (χ0v) is 12.7. The van der Waals surface area contributed by atoms with Crippen LogP contribution in [-0.2, 0) is 0 Å². The number of nitro benzene ring substituents is 1. The summed E-state index contributed by atoms with van der Waals surface area (Å²) in [5.41, 5.74) is 2.51. The molecular weight excluding hydrogens is 310 g/mol. The van der Waals surface area contributed by atoms with Crippen LogP contribution in [0.2, 0.25) is 5.02 Å². The lowest BCUT2D eigenvalue weighted by atomic mass is 10.2. The first-order valence-electron chi connectivity index (χ1n) is 6.04. The van der Waals surface area contributed by atoms with Gasteiger partial charge >= 0.3 is 0 Å². The van der Waals surface area contributed by atoms with Crippen LogP contribution >= 0.6 is 23.8 Å². The molecule has 0 aliphatic rings. The maximum Gasteiger partial charge on any atom is 0.269 e. The fourth-order valence-electron chi connectivity index (χ4n) is 1.68. The van der Waals surface area contributed by atoms with Crippen molar-refractivity contribution in [2.45, 2.75) is 6.92 Å². The molecule has 2 rings (SSSR count). The number of aryl methyl sites for hydroxylation is 1. The van der Waals surface area contributed by atoms with Crippen molar-refractivity contribution in [1.29, 1.82) is 0 Å². The molecule has 0 aromatic heterocycles. The number of thiocarbonyl (C=S) groups is 1. The monoisotopic (exact) mass is 321 g/mol. The van der Waals surface area contributed by atoms with E-state index in [-0.39, 0.29) is 5.69 Å². The summed E-state index contributed by atoms with van der Waals surface area (Å²) in [5.74, 6) is 0. The van der Waals surface area contributed by atoms with E-state index in [9.17, 15) is 10.1 Å². The molecule has 0 spiro atoms. The van der Waals surface area contributed by atoms with E-state index in [2.05, 4.69) is 10.6 Å². The normalized spacial score (nSPS) is 10.0. The molecule has 0 amide bonds. The van der Waals surface area contributed by atoms with Gasteiger partial charge in [-0.2, -0.15) is 0 Å². The molecule has 2 aromatic carbocycles. The predicted molar refractivity (Wildman–Crippen MR) is 89.1 cm³/mol. The topological polar surface area (TPSA) is 67.2 Å². The Balaban J connectivity index is 2.04. The Labute approximate surface area is 132 Å². The minimum absolute atomic E-state index is 0.0325. The third-order valence-corrected chi connectivity index (χ3v) is 3.22. The fraction of sp³-hybridized carbons (Fsp3) is 0.0714. The van der Waals surface area contributed by atoms with Gasteiger partial charge in [-0.1, -0.05) is 17.7 Å². The summed E-state index contributed by atoms with van der Waals surface area (Å²) in [4.78, 5) is 10.1. The second-order valence-corrected chi connectivity index (χ2v) is 5.19. The van der Waals surface area contributed by atoms with Crippen LogP contribution in [0.5, 0.6) is 0 Å². The van der Waals surface area contributed by atoms with Crippen LogP contribution in [0.15, 0.2) is 42.5 Å². The van der Waals surface area contributed by atoms with Crippen molar-refractivity contribution in [2.24, 2.45) is 0 Å². The van der Waals surface area contributed by atoms with Crippen LogP contribution < -0.4 is 10.6 Å². The Bertz CT molecular complexity index is 689. The van der Waals surface area contributed by atoms with E-state index in [0.29, 0.717) is 15.8 Å². The number of hydrogen-bond acceptors (Lipinski definition) is 3. The van der Waals surface area contributed by atoms with Crippen molar-refractivity contribution in [1.82, 2.24) is 0 Å². The highest BCUT2D eigenvalue weighted by atomic mass is 35.5. The Morgan fingerprint density at radius 3 is 2.48 bits per heavy atom. The Morgan fingerprint density at radius 2 is 1.86 bits per heavy atom. The number of non-ortho nitro benzene ring substituents is 1. The predicted octanol–water partition coefficient (Wildman–Crippen LogP) is 4.37. The van der Waals surface area contributed by atoms with E-state index in [4.69, 9.17) is 23.8 Å². The van der Waals surface area contributed by atoms with E-state index in [1.165, 1.54) is 12.1 Å². The van der Waals surface area contributed by atoms with Crippen molar-refractivity contribution in [2.75, 3.05) is 10.6 Å². The minimum Gasteiger partial charge on any atom is -0.332 e. The maximum absolute atomic E-state index is 10.6. The van der Waals surface area contributed by atoms with Crippen LogP contribution in [0.25, 0.3) is 0 Å². The van der Waals surface area contributed by atoms with Crippen LogP contribution in [0.4, 0.5) is 17.1 Å². The SMILES string of the molecule is Cc1ccc(Cl)cc1NC(=S)Nc1ccc([N+](=O)[O-])cc1. The number of anilines is 2. The standard InChI is InChI=1S/C14H12ClN3O2S/c1-9-2-3-10(15)8-13(9)17-14(21)16-11-4-6-12(7-5-11)18(19)20/h2-8H,1H3,(H2,16,17,21). The molecule has 0 aliphatic carbocycles. The van der Waals surface area contributed by atoms with Crippen LogP contribution in [0.3, 0.4) is 0 Å². The lowest BCUT2D eigenvalue weighted by molar-refractivity contribution is -0.384. The van der Waals surface area contributed by atoms with Gasteiger partial charge < -0.3 is 10.6 Å². The number of hydrogen-bond donors (Lipinski definition) is 2. The van der Waals surface area contributed by atoms with Gasteiger partial charge in [0.2, 0.25) is 0 Å². The zero-order chi connectivity index (χ0) is 15.4. The molecule has 0 fully saturated rings. The number of benzene rings is 2. The highest BCUT2D eigenvalue weighted by molar-refractivity contribution is 7.80. The van der Waals surface area contributed by atoms with E-state index in [0.717, 1.165) is 11.3 Å². The molecule has 2 N–H and O–H groups in total. The molecule has 0 atom stereocenters. The van der Waals surface area contributed by atoms with Crippen LogP contribution in [-0.4, -0.2) is 10.0 Å². The molecular formula is C14H12ClN3O2S. The maximum atomic E-state index is 10.6. The lowest BCUT2D eigenvalue weighted by Crippen LogP contribution is -2.19. The lowest BCUT2D eigenvalue weighted by Gasteiger charge is -2.12. The van der Waals surface area contributed by atoms with Gasteiger partial charge in [-0.3, -0.25) is 10.1 Å². The molecule has 0 radical (unpaired) electrons. The number of nitrogens with zero attached hydrogens (tertiary/aromatic N) is 1. The smallest absolute Gasteiger partial charge is 0.269 e. The van der Waals surface area contributed by atoms with Crippen molar-refractivity contribution in [3.8, 4) is 0 Å². The Kier molecular flexibility index (Phi) is 4.72. The first-order chi connectivity index (χ1) is 9.95. The van der Waals surface area contributed by atoms with Gasteiger partial charge in [-0.25, -0.2) is 0 Å². The summed E-state index contributed by atoms with van der Waals surface area (Å²) in [7, 11) is 0. The average molecular weight is 322 g/mol. The number of halogens is 1. The second-order valence-electron chi connectivity index (χ2n) is 4.34. The Morgan fingerprint density at radius 1 is 1.19 bits per heavy atom. The quantitative estimate of drug-likeness (QED) is 0.499. The summed E-state index contributed by atoms with van der Waals surface area (Å²) in [6, 6.07) is 11.5. The van der Waals surface area contributed by atoms with Gasteiger partial charge in [0, 0.05) is 28.5 Å². The largest absolute Gasteiger partial charge is 0.332 e. The van der Waals surface area contributed by atoms with Gasteiger partial charge in [0.25, 0.3) is 5.69 Å². The van der Waals surface area contributed by atoms with Crippen molar-refractivity contribution >= 4 is 46.0 Å². The molecule has 5 nitrogen and oxygen atoms in total. The van der Waals surface area contributed by atoms with E-state index in [1.807, 2.05) is 13.0 Å². The van der Waals surface area contributed by atoms with Gasteiger partial charge in [0.05, 0.1) is 4.92 Å². The summed E-state index contributed by atoms with van der Waals surface area (Å²) in [5, 5.41) is 17.6. The molecule has 0 saturated heterocycles. The third-order valence-electron chi connectivity index (χ3n) is 2.78. The molecule has 0 heterocycles. The average Bonchev–Trinajstić information content (AvgIpc) is 2.43. The molecule has 0 saturated carbocycles. The first-order valence-corrected chi connectivity index (χ1v) is 6.83. The second kappa shape index (κ2) is 6.51. The van der Waals surface area contributed by atoms with Gasteiger partial charge in [0.15, 0.2) is 5.11 Å². The molecule has 0 bridgehead atoms. The number of nitro groups is 1. The molecule has 7 heteroatoms. The van der Waals surface area contributed by atoms with Gasteiger partial charge in [-0.05, 0) is 49.0 Å². The highest BCUT2D eigenvalue weighted by Gasteiger charge is 2.06. The number of rotatable bonds is 3. The van der Waals surface area contributed by atoms with Crippen LogP contribution in [0, 0.1) is 17.0 Å². The first kappa shape index (κ1) is 15.2. The fourth-order valence-corrected chi connectivity index (χ4v) is 2.08. The summed E-state index contributed by atoms with van der Waals surface area (Å²) in [6.07, 6.45) is 0. The van der Waals surface area contributed by atoms with Gasteiger partial charge in [-0.15, -0.1) is 0 Å². The molecule has 2 aromatic rings. The van der Waals surface area contributed by atoms with E-state index in [1.54, 1.807) is 24.3 Å². The molecule has 21 heavy (non-hydrogen) atoms. The molecule has 0 aliphatic heterocycles. The summed E-state index contributed by atoms with van der Waals surface area (Å²) in [6.45, 7) is 1.94. The van der Waals surface area contributed by atoms with E-state index >= 15 is 0 Å². The third kappa shape index (κ3) is 4.14. The summed E-state index contributed by atoms with van der Waals surface area (Å²) >= 11 is 11.1. The van der Waals surface area contributed by atoms with E-state index < -0.39 is 4.92 Å². The van der Waals surface area contributed by atoms with Crippen LogP contribution in [0.1, 0.15) is 5.56 Å². The number of nitrogens with one attached hydrogen (secondary N) is 2. The minimum atomic E-state index is -0.449. The zero-order valence-electron chi connectivity index (χ0n) is 11.1. The van der Waals surface area contributed by atoms with Crippen molar-refractivity contribution < 1.29 is 4.92 Å².